The zero-order valence-corrected chi connectivity index (χ0v) is 12.0. The predicted molar refractivity (Wildman–Crippen MR) is 80.4 cm³/mol. The van der Waals surface area contributed by atoms with Gasteiger partial charge in [0.2, 0.25) is 0 Å². The number of hydrogen-bond acceptors (Lipinski definition) is 3. The highest BCUT2D eigenvalue weighted by Gasteiger charge is 2.47. The van der Waals surface area contributed by atoms with Crippen molar-refractivity contribution in [2.24, 2.45) is 0 Å². The molecule has 0 bridgehead atoms. The van der Waals surface area contributed by atoms with Gasteiger partial charge in [0.1, 0.15) is 5.75 Å². The molecule has 2 aromatic carbocycles. The Labute approximate surface area is 123 Å². The van der Waals surface area contributed by atoms with Gasteiger partial charge in [-0.2, -0.15) is 0 Å². The van der Waals surface area contributed by atoms with Crippen LogP contribution in [-0.4, -0.2) is 24.2 Å². The van der Waals surface area contributed by atoms with Gasteiger partial charge in [0, 0.05) is 5.69 Å². The van der Waals surface area contributed by atoms with Crippen molar-refractivity contribution in [2.45, 2.75) is 19.1 Å². The van der Waals surface area contributed by atoms with Crippen molar-refractivity contribution in [1.82, 2.24) is 0 Å². The second-order valence-electron chi connectivity index (χ2n) is 5.21. The number of aliphatic hydroxyl groups excluding tert-OH is 1. The standard InChI is InChI=1S/C17H17NO3/c1-11-3-5-12(6-4-11)15-16(19)17(20)18(15)13-7-9-14(21-2)10-8-13/h3-10,15-16,19H,1-2H3/t15-,16+/m1/s1. The van der Waals surface area contributed by atoms with Gasteiger partial charge in [0.25, 0.3) is 5.91 Å². The molecule has 0 aromatic heterocycles. The molecule has 1 N–H and O–H groups in total. The summed E-state index contributed by atoms with van der Waals surface area (Å²) in [6.45, 7) is 2.01. The fourth-order valence-electron chi connectivity index (χ4n) is 2.60. The molecule has 2 aromatic rings. The number of benzene rings is 2. The largest absolute Gasteiger partial charge is 0.497 e. The first-order valence-corrected chi connectivity index (χ1v) is 6.83. The summed E-state index contributed by atoms with van der Waals surface area (Å²) < 4.78 is 5.12. The average Bonchev–Trinajstić information content (AvgIpc) is 2.53. The minimum Gasteiger partial charge on any atom is -0.497 e. The molecule has 0 aliphatic carbocycles. The molecule has 1 aliphatic rings. The van der Waals surface area contributed by atoms with Crippen LogP contribution in [0.1, 0.15) is 17.2 Å². The minimum absolute atomic E-state index is 0.272. The second-order valence-corrected chi connectivity index (χ2v) is 5.21. The SMILES string of the molecule is COc1ccc(N2C(=O)[C@@H](O)[C@H]2c2ccc(C)cc2)cc1. The fourth-order valence-corrected chi connectivity index (χ4v) is 2.60. The van der Waals surface area contributed by atoms with Crippen LogP contribution in [-0.2, 0) is 4.79 Å². The molecule has 0 radical (unpaired) electrons. The van der Waals surface area contributed by atoms with Crippen molar-refractivity contribution in [2.75, 3.05) is 12.0 Å². The van der Waals surface area contributed by atoms with E-state index in [0.717, 1.165) is 22.6 Å². The van der Waals surface area contributed by atoms with Crippen LogP contribution in [0.15, 0.2) is 48.5 Å². The van der Waals surface area contributed by atoms with Crippen molar-refractivity contribution in [3.05, 3.63) is 59.7 Å². The maximum absolute atomic E-state index is 12.0. The normalized spacial score (nSPS) is 21.1. The molecule has 1 fully saturated rings. The number of anilines is 1. The third-order valence-electron chi connectivity index (χ3n) is 3.84. The Morgan fingerprint density at radius 2 is 1.67 bits per heavy atom. The molecule has 0 saturated carbocycles. The molecule has 1 heterocycles. The molecule has 21 heavy (non-hydrogen) atoms. The van der Waals surface area contributed by atoms with Crippen LogP contribution in [0.25, 0.3) is 0 Å². The van der Waals surface area contributed by atoms with Gasteiger partial charge in [-0.3, -0.25) is 9.69 Å². The van der Waals surface area contributed by atoms with Crippen LogP contribution in [0.2, 0.25) is 0 Å². The number of carbonyl (C=O) groups excluding carboxylic acids is 1. The summed E-state index contributed by atoms with van der Waals surface area (Å²) in [5.74, 6) is 0.463. The van der Waals surface area contributed by atoms with Crippen LogP contribution in [0.3, 0.4) is 0 Å². The van der Waals surface area contributed by atoms with Crippen LogP contribution in [0, 0.1) is 6.92 Å². The number of hydrogen-bond donors (Lipinski definition) is 1. The van der Waals surface area contributed by atoms with Gasteiger partial charge in [-0.05, 0) is 36.8 Å². The van der Waals surface area contributed by atoms with E-state index in [-0.39, 0.29) is 11.9 Å². The summed E-state index contributed by atoms with van der Waals surface area (Å²) >= 11 is 0. The first-order valence-electron chi connectivity index (χ1n) is 6.83. The predicted octanol–water partition coefficient (Wildman–Crippen LogP) is 2.45. The number of rotatable bonds is 3. The van der Waals surface area contributed by atoms with E-state index >= 15 is 0 Å². The van der Waals surface area contributed by atoms with Crippen molar-refractivity contribution in [3.63, 3.8) is 0 Å². The van der Waals surface area contributed by atoms with Gasteiger partial charge >= 0.3 is 0 Å². The highest BCUT2D eigenvalue weighted by atomic mass is 16.5. The maximum Gasteiger partial charge on any atom is 0.259 e. The van der Waals surface area contributed by atoms with E-state index in [4.69, 9.17) is 4.74 Å². The Morgan fingerprint density at radius 1 is 1.05 bits per heavy atom. The zero-order valence-electron chi connectivity index (χ0n) is 12.0. The van der Waals surface area contributed by atoms with E-state index in [2.05, 4.69) is 0 Å². The van der Waals surface area contributed by atoms with Gasteiger partial charge in [-0.15, -0.1) is 0 Å². The molecule has 108 valence electrons. The van der Waals surface area contributed by atoms with Gasteiger partial charge in [0.05, 0.1) is 13.2 Å². The summed E-state index contributed by atoms with van der Waals surface area (Å²) in [4.78, 5) is 13.6. The second kappa shape index (κ2) is 5.22. The van der Waals surface area contributed by atoms with Gasteiger partial charge in [0.15, 0.2) is 6.10 Å². The quantitative estimate of drug-likeness (QED) is 0.880. The smallest absolute Gasteiger partial charge is 0.259 e. The summed E-state index contributed by atoms with van der Waals surface area (Å²) in [5.41, 5.74) is 2.84. The Balaban J connectivity index is 1.92. The number of nitrogens with zero attached hydrogens (tertiary/aromatic N) is 1. The molecule has 4 heteroatoms. The number of aryl methyl sites for hydroxylation is 1. The third kappa shape index (κ3) is 2.28. The molecule has 0 spiro atoms. The molecule has 1 amide bonds. The molecule has 4 nitrogen and oxygen atoms in total. The van der Waals surface area contributed by atoms with Crippen LogP contribution < -0.4 is 9.64 Å². The van der Waals surface area contributed by atoms with E-state index in [1.807, 2.05) is 43.3 Å². The number of β-lactam (4-membered cyclic amide) rings is 1. The first-order chi connectivity index (χ1) is 10.1. The third-order valence-corrected chi connectivity index (χ3v) is 3.84. The Bertz CT molecular complexity index is 649. The monoisotopic (exact) mass is 283 g/mol. The number of ether oxygens (including phenoxy) is 1. The van der Waals surface area contributed by atoms with Crippen LogP contribution >= 0.6 is 0 Å². The van der Waals surface area contributed by atoms with E-state index in [0.29, 0.717) is 0 Å². The number of carbonyl (C=O) groups is 1. The van der Waals surface area contributed by atoms with Crippen molar-refractivity contribution in [3.8, 4) is 5.75 Å². The van der Waals surface area contributed by atoms with Gasteiger partial charge < -0.3 is 9.84 Å². The number of aliphatic hydroxyl groups is 1. The van der Waals surface area contributed by atoms with Gasteiger partial charge in [-0.1, -0.05) is 29.8 Å². The topological polar surface area (TPSA) is 49.8 Å². The summed E-state index contributed by atoms with van der Waals surface area (Å²) in [5, 5.41) is 10.0. The van der Waals surface area contributed by atoms with E-state index in [1.54, 1.807) is 24.1 Å². The molecule has 1 aliphatic heterocycles. The summed E-state index contributed by atoms with van der Waals surface area (Å²) in [7, 11) is 1.60. The van der Waals surface area contributed by atoms with Crippen molar-refractivity contribution >= 4 is 11.6 Å². The van der Waals surface area contributed by atoms with E-state index in [1.165, 1.54) is 0 Å². The molecule has 1 saturated heterocycles. The lowest BCUT2D eigenvalue weighted by Crippen LogP contribution is -2.59. The maximum atomic E-state index is 12.0. The molecule has 3 rings (SSSR count). The van der Waals surface area contributed by atoms with E-state index < -0.39 is 6.10 Å². The summed E-state index contributed by atoms with van der Waals surface area (Å²) in [6.07, 6.45) is -0.977. The zero-order chi connectivity index (χ0) is 15.0. The van der Waals surface area contributed by atoms with Crippen molar-refractivity contribution in [1.29, 1.82) is 0 Å². The fraction of sp³-hybridized carbons (Fsp3) is 0.235. The Hall–Kier alpha value is -2.33. The minimum atomic E-state index is -0.977. The highest BCUT2D eigenvalue weighted by Crippen LogP contribution is 2.39. The molecule has 0 unspecified atom stereocenters. The van der Waals surface area contributed by atoms with Crippen molar-refractivity contribution < 1.29 is 14.6 Å². The molecular formula is C17H17NO3. The summed E-state index contributed by atoms with van der Waals surface area (Å²) in [6, 6.07) is 14.8. The first kappa shape index (κ1) is 13.6. The lowest BCUT2D eigenvalue weighted by Gasteiger charge is -2.44. The number of methoxy groups -OCH3 is 1. The Morgan fingerprint density at radius 3 is 2.24 bits per heavy atom. The lowest BCUT2D eigenvalue weighted by molar-refractivity contribution is -0.137. The average molecular weight is 283 g/mol. The van der Waals surface area contributed by atoms with Crippen LogP contribution in [0.4, 0.5) is 5.69 Å². The molecule has 2 atom stereocenters. The van der Waals surface area contributed by atoms with Crippen LogP contribution in [0.5, 0.6) is 5.75 Å². The van der Waals surface area contributed by atoms with Gasteiger partial charge in [-0.25, -0.2) is 0 Å². The lowest BCUT2D eigenvalue weighted by atomic mass is 9.89. The number of amides is 1. The highest BCUT2D eigenvalue weighted by molar-refractivity contribution is 6.04. The van der Waals surface area contributed by atoms with E-state index in [9.17, 15) is 9.90 Å². The molecular weight excluding hydrogens is 266 g/mol. The Kier molecular flexibility index (Phi) is 3.39.